The quantitative estimate of drug-likeness (QED) is 0.357. The second kappa shape index (κ2) is 11.1. The molecule has 3 saturated heterocycles. The molecule has 42 heavy (non-hydrogen) atoms. The van der Waals surface area contributed by atoms with Gasteiger partial charge < -0.3 is 24.9 Å². The van der Waals surface area contributed by atoms with Crippen molar-refractivity contribution in [1.29, 1.82) is 0 Å². The SMILES string of the molecule is Cc1ccncc1C1CN(C(=O)[C@@H]2CC[C@@H]3CCC[C@H](NC(=O)c4cc5cc([C@@H](F)P(=O)(O)O)ccc5s4)C(=O)N32)C1. The number of carbonyl (C=O) groups is 3. The van der Waals surface area contributed by atoms with Gasteiger partial charge in [0.05, 0.1) is 4.88 Å². The molecule has 13 heteroatoms. The highest BCUT2D eigenvalue weighted by Crippen LogP contribution is 2.53. The fourth-order valence-corrected chi connectivity index (χ4v) is 7.95. The van der Waals surface area contributed by atoms with E-state index in [4.69, 9.17) is 0 Å². The number of nitrogens with zero attached hydrogens (tertiary/aromatic N) is 3. The number of fused-ring (bicyclic) bond motifs is 2. The lowest BCUT2D eigenvalue weighted by molar-refractivity contribution is -0.148. The molecule has 0 spiro atoms. The molecule has 3 fully saturated rings. The van der Waals surface area contributed by atoms with E-state index in [1.165, 1.54) is 24.3 Å². The average Bonchev–Trinajstić information content (AvgIpc) is 3.52. The Balaban J connectivity index is 1.14. The lowest BCUT2D eigenvalue weighted by Crippen LogP contribution is -2.58. The van der Waals surface area contributed by atoms with Gasteiger partial charge in [0.1, 0.15) is 12.1 Å². The second-order valence-corrected chi connectivity index (χ2v) is 14.2. The number of pyridine rings is 1. The Hall–Kier alpha value is -3.18. The van der Waals surface area contributed by atoms with Crippen LogP contribution in [0.4, 0.5) is 4.39 Å². The molecule has 222 valence electrons. The molecule has 0 aliphatic carbocycles. The third kappa shape index (κ3) is 5.37. The molecular weight excluding hydrogens is 582 g/mol. The molecule has 5 heterocycles. The highest BCUT2D eigenvalue weighted by Gasteiger charge is 2.47. The number of likely N-dealkylation sites (tertiary alicyclic amines) is 1. The molecule has 1 aromatic carbocycles. The van der Waals surface area contributed by atoms with Crippen LogP contribution < -0.4 is 5.32 Å². The van der Waals surface area contributed by atoms with Crippen molar-refractivity contribution in [3.8, 4) is 0 Å². The predicted molar refractivity (Wildman–Crippen MR) is 155 cm³/mol. The normalized spacial score (nSPS) is 23.8. The van der Waals surface area contributed by atoms with Crippen molar-refractivity contribution in [3.05, 3.63) is 64.3 Å². The Labute approximate surface area is 246 Å². The van der Waals surface area contributed by atoms with Gasteiger partial charge in [-0.05, 0) is 85.4 Å². The number of carbonyl (C=O) groups excluding carboxylic acids is 3. The second-order valence-electron chi connectivity index (χ2n) is 11.5. The van der Waals surface area contributed by atoms with Crippen molar-refractivity contribution in [2.45, 2.75) is 69.0 Å². The summed E-state index contributed by atoms with van der Waals surface area (Å²) in [5.41, 5.74) is 2.12. The Bertz CT molecular complexity index is 1600. The van der Waals surface area contributed by atoms with Crippen molar-refractivity contribution in [1.82, 2.24) is 20.1 Å². The summed E-state index contributed by atoms with van der Waals surface area (Å²) >= 11 is 1.15. The van der Waals surface area contributed by atoms with Gasteiger partial charge in [-0.3, -0.25) is 23.9 Å². The van der Waals surface area contributed by atoms with Crippen LogP contribution in [0.15, 0.2) is 42.7 Å². The number of thiophene rings is 1. The summed E-state index contributed by atoms with van der Waals surface area (Å²) < 4.78 is 26.2. The van der Waals surface area contributed by atoms with Gasteiger partial charge in [0.15, 0.2) is 0 Å². The molecule has 0 bridgehead atoms. The van der Waals surface area contributed by atoms with Gasteiger partial charge in [0.25, 0.3) is 5.91 Å². The summed E-state index contributed by atoms with van der Waals surface area (Å²) in [5.74, 6) is -2.96. The third-order valence-corrected chi connectivity index (χ3v) is 10.7. The summed E-state index contributed by atoms with van der Waals surface area (Å²) in [6.45, 7) is 3.23. The number of aromatic nitrogens is 1. The van der Waals surface area contributed by atoms with Crippen LogP contribution in [0, 0.1) is 6.92 Å². The monoisotopic (exact) mass is 614 g/mol. The molecule has 3 aromatic rings. The maximum absolute atomic E-state index is 14.2. The van der Waals surface area contributed by atoms with E-state index < -0.39 is 31.5 Å². The maximum Gasteiger partial charge on any atom is 0.363 e. The summed E-state index contributed by atoms with van der Waals surface area (Å²) in [5, 5.41) is 3.34. The minimum atomic E-state index is -4.96. The lowest BCUT2D eigenvalue weighted by Gasteiger charge is -2.43. The number of alkyl halides is 1. The van der Waals surface area contributed by atoms with Crippen LogP contribution in [0.2, 0.25) is 0 Å². The van der Waals surface area contributed by atoms with Gasteiger partial charge >= 0.3 is 7.60 Å². The molecule has 0 saturated carbocycles. The van der Waals surface area contributed by atoms with Crippen LogP contribution in [-0.4, -0.2) is 73.5 Å². The molecule has 3 N–H and O–H groups in total. The molecule has 3 amide bonds. The lowest BCUT2D eigenvalue weighted by atomic mass is 9.89. The van der Waals surface area contributed by atoms with E-state index in [2.05, 4.69) is 10.3 Å². The zero-order chi connectivity index (χ0) is 29.8. The molecule has 6 rings (SSSR count). The van der Waals surface area contributed by atoms with Crippen LogP contribution >= 0.6 is 18.9 Å². The summed E-state index contributed by atoms with van der Waals surface area (Å²) in [4.78, 5) is 67.0. The van der Waals surface area contributed by atoms with E-state index in [0.717, 1.165) is 41.7 Å². The Morgan fingerprint density at radius 3 is 2.67 bits per heavy atom. The van der Waals surface area contributed by atoms with Gasteiger partial charge in [-0.15, -0.1) is 11.3 Å². The minimum Gasteiger partial charge on any atom is -0.340 e. The molecule has 10 nitrogen and oxygen atoms in total. The van der Waals surface area contributed by atoms with Crippen LogP contribution in [0.25, 0.3) is 10.1 Å². The van der Waals surface area contributed by atoms with E-state index in [1.54, 1.807) is 11.1 Å². The summed E-state index contributed by atoms with van der Waals surface area (Å²) in [6, 6.07) is 6.29. The first-order valence-corrected chi connectivity index (χ1v) is 16.6. The minimum absolute atomic E-state index is 0.0311. The zero-order valence-electron chi connectivity index (χ0n) is 23.0. The van der Waals surface area contributed by atoms with Crippen LogP contribution in [-0.2, 0) is 14.2 Å². The first kappa shape index (κ1) is 28.9. The van der Waals surface area contributed by atoms with Gasteiger partial charge in [0.2, 0.25) is 17.7 Å². The Morgan fingerprint density at radius 2 is 1.93 bits per heavy atom. The standard InChI is InChI=1S/C29H32FN4O6PS/c1-16-9-10-31-13-21(16)19-14-33(15-19)29(37)23-7-6-20-3-2-4-22(28(36)34(20)23)32-27(35)25-12-18-11-17(5-8-24(18)42-25)26(30)41(38,39)40/h5,8-13,19-20,22-23,26H,2-4,6-7,14-15H2,1H3,(H,32,35)(H2,38,39,40)/t20-,22-,23-,26-/m0/s1. The Kier molecular flexibility index (Phi) is 7.67. The molecule has 3 aliphatic heterocycles. The molecule has 0 unspecified atom stereocenters. The van der Waals surface area contributed by atoms with Gasteiger partial charge in [-0.1, -0.05) is 6.07 Å². The smallest absolute Gasteiger partial charge is 0.340 e. The third-order valence-electron chi connectivity index (χ3n) is 8.72. The van der Waals surface area contributed by atoms with Gasteiger partial charge in [-0.2, -0.15) is 0 Å². The number of hydrogen-bond acceptors (Lipinski definition) is 6. The largest absolute Gasteiger partial charge is 0.363 e. The summed E-state index contributed by atoms with van der Waals surface area (Å²) in [6.07, 6.45) is 6.94. The van der Waals surface area contributed by atoms with Gasteiger partial charge in [0, 0.05) is 42.1 Å². The van der Waals surface area contributed by atoms with Crippen molar-refractivity contribution in [2.24, 2.45) is 0 Å². The number of halogens is 1. The van der Waals surface area contributed by atoms with Crippen molar-refractivity contribution in [2.75, 3.05) is 13.1 Å². The predicted octanol–water partition coefficient (Wildman–Crippen LogP) is 4.02. The highest BCUT2D eigenvalue weighted by atomic mass is 32.1. The van der Waals surface area contributed by atoms with Crippen LogP contribution in [0.1, 0.15) is 70.3 Å². The molecule has 0 radical (unpaired) electrons. The first-order valence-electron chi connectivity index (χ1n) is 14.1. The number of aryl methyl sites for hydroxylation is 1. The zero-order valence-corrected chi connectivity index (χ0v) is 24.7. The molecule has 2 aromatic heterocycles. The first-order chi connectivity index (χ1) is 20.0. The van der Waals surface area contributed by atoms with Crippen molar-refractivity contribution in [3.63, 3.8) is 0 Å². The maximum atomic E-state index is 14.2. The summed E-state index contributed by atoms with van der Waals surface area (Å²) in [7, 11) is -4.96. The number of amides is 3. The fraction of sp³-hybridized carbons (Fsp3) is 0.448. The van der Waals surface area contributed by atoms with Crippen molar-refractivity contribution < 1.29 is 33.1 Å². The van der Waals surface area contributed by atoms with E-state index in [-0.39, 0.29) is 29.3 Å². The van der Waals surface area contributed by atoms with Crippen molar-refractivity contribution >= 4 is 46.7 Å². The number of rotatable bonds is 6. The fourth-order valence-electron chi connectivity index (χ4n) is 6.45. The Morgan fingerprint density at radius 1 is 1.14 bits per heavy atom. The van der Waals surface area contributed by atoms with E-state index in [1.807, 2.05) is 24.1 Å². The molecule has 4 atom stereocenters. The number of benzene rings is 1. The van der Waals surface area contributed by atoms with Crippen LogP contribution in [0.5, 0.6) is 0 Å². The number of nitrogens with one attached hydrogen (secondary N) is 1. The molecule has 3 aliphatic rings. The van der Waals surface area contributed by atoms with Crippen LogP contribution in [0.3, 0.4) is 0 Å². The average molecular weight is 615 g/mol. The highest BCUT2D eigenvalue weighted by molar-refractivity contribution is 7.51. The molecular formula is C29H32FN4O6PS. The topological polar surface area (TPSA) is 140 Å². The van der Waals surface area contributed by atoms with Gasteiger partial charge in [-0.25, -0.2) is 4.39 Å². The van der Waals surface area contributed by atoms with E-state index >= 15 is 0 Å². The number of hydrogen-bond donors (Lipinski definition) is 3. The van der Waals surface area contributed by atoms with E-state index in [0.29, 0.717) is 40.9 Å². The van der Waals surface area contributed by atoms with E-state index in [9.17, 15) is 33.1 Å².